The second-order valence-electron chi connectivity index (χ2n) is 5.30. The van der Waals surface area contributed by atoms with Crippen LogP contribution in [0.15, 0.2) is 42.0 Å². The number of carbonyl (C=O) groups excluding carboxylic acids is 1. The quantitative estimate of drug-likeness (QED) is 0.806. The minimum absolute atomic E-state index is 0.0723. The van der Waals surface area contributed by atoms with Crippen LogP contribution >= 0.6 is 0 Å². The third kappa shape index (κ3) is 3.06. The highest BCUT2D eigenvalue weighted by atomic mass is 16.5. The van der Waals surface area contributed by atoms with Gasteiger partial charge in [-0.2, -0.15) is 0 Å². The first-order valence-electron chi connectivity index (χ1n) is 7.44. The zero-order valence-corrected chi connectivity index (χ0v) is 13.8. The molecule has 0 radical (unpaired) electrons. The number of methoxy groups -OCH3 is 3. The van der Waals surface area contributed by atoms with Crippen molar-refractivity contribution in [1.29, 1.82) is 0 Å². The SMILES string of the molecule is COc1cc(/C=C2\COc3ccc(OC)cc3C2=O)cc(OC)c1. The summed E-state index contributed by atoms with van der Waals surface area (Å²) in [6.07, 6.45) is 1.79. The first kappa shape index (κ1) is 15.9. The van der Waals surface area contributed by atoms with Crippen LogP contribution in [0, 0.1) is 0 Å². The normalized spacial score (nSPS) is 14.8. The largest absolute Gasteiger partial charge is 0.497 e. The molecule has 0 aromatic heterocycles. The van der Waals surface area contributed by atoms with E-state index in [0.29, 0.717) is 34.1 Å². The summed E-state index contributed by atoms with van der Waals surface area (Å²) >= 11 is 0. The maximum Gasteiger partial charge on any atom is 0.196 e. The van der Waals surface area contributed by atoms with E-state index in [0.717, 1.165) is 5.56 Å². The van der Waals surface area contributed by atoms with Crippen LogP contribution in [-0.2, 0) is 0 Å². The van der Waals surface area contributed by atoms with E-state index in [-0.39, 0.29) is 12.4 Å². The Kier molecular flexibility index (Phi) is 4.42. The molecule has 0 saturated heterocycles. The van der Waals surface area contributed by atoms with E-state index in [9.17, 15) is 4.79 Å². The van der Waals surface area contributed by atoms with Gasteiger partial charge in [0, 0.05) is 11.6 Å². The van der Waals surface area contributed by atoms with E-state index in [2.05, 4.69) is 0 Å². The van der Waals surface area contributed by atoms with Crippen LogP contribution in [0.1, 0.15) is 15.9 Å². The number of Topliss-reactive ketones (excluding diaryl/α,β-unsaturated/α-hetero) is 1. The van der Waals surface area contributed by atoms with E-state index in [4.69, 9.17) is 18.9 Å². The Bertz CT molecular complexity index is 785. The summed E-state index contributed by atoms with van der Waals surface area (Å²) in [7, 11) is 4.74. The second-order valence-corrected chi connectivity index (χ2v) is 5.30. The van der Waals surface area contributed by atoms with E-state index >= 15 is 0 Å². The summed E-state index contributed by atoms with van der Waals surface area (Å²) in [5.41, 5.74) is 1.87. The van der Waals surface area contributed by atoms with Gasteiger partial charge in [0.1, 0.15) is 29.6 Å². The standard InChI is InChI=1S/C19H18O5/c1-21-14-4-5-18-17(10-14)19(20)13(11-24-18)6-12-7-15(22-2)9-16(8-12)23-3/h4-10H,11H2,1-3H3/b13-6+. The van der Waals surface area contributed by atoms with Crippen LogP contribution in [0.4, 0.5) is 0 Å². The van der Waals surface area contributed by atoms with Crippen LogP contribution < -0.4 is 18.9 Å². The number of hydrogen-bond donors (Lipinski definition) is 0. The van der Waals surface area contributed by atoms with Gasteiger partial charge in [-0.15, -0.1) is 0 Å². The van der Waals surface area contributed by atoms with Gasteiger partial charge in [0.2, 0.25) is 0 Å². The topological polar surface area (TPSA) is 54.0 Å². The van der Waals surface area contributed by atoms with Crippen molar-refractivity contribution >= 4 is 11.9 Å². The van der Waals surface area contributed by atoms with Gasteiger partial charge in [0.05, 0.1) is 26.9 Å². The van der Waals surface area contributed by atoms with Crippen molar-refractivity contribution < 1.29 is 23.7 Å². The summed E-state index contributed by atoms with van der Waals surface area (Å²) in [6, 6.07) is 10.7. The van der Waals surface area contributed by atoms with Crippen LogP contribution in [0.5, 0.6) is 23.0 Å². The van der Waals surface area contributed by atoms with Gasteiger partial charge in [-0.3, -0.25) is 4.79 Å². The molecule has 0 aliphatic carbocycles. The Hall–Kier alpha value is -2.95. The Morgan fingerprint density at radius 2 is 1.58 bits per heavy atom. The summed E-state index contributed by atoms with van der Waals surface area (Å²) in [4.78, 5) is 12.7. The lowest BCUT2D eigenvalue weighted by Crippen LogP contribution is -2.19. The average molecular weight is 326 g/mol. The number of ketones is 1. The minimum Gasteiger partial charge on any atom is -0.497 e. The van der Waals surface area contributed by atoms with E-state index in [1.54, 1.807) is 51.7 Å². The number of hydrogen-bond acceptors (Lipinski definition) is 5. The summed E-state index contributed by atoms with van der Waals surface area (Å²) < 4.78 is 21.4. The van der Waals surface area contributed by atoms with Crippen molar-refractivity contribution in [3.63, 3.8) is 0 Å². The summed E-state index contributed by atoms with van der Waals surface area (Å²) in [6.45, 7) is 0.220. The third-order valence-electron chi connectivity index (χ3n) is 3.82. The first-order chi connectivity index (χ1) is 11.6. The molecular formula is C19H18O5. The third-order valence-corrected chi connectivity index (χ3v) is 3.82. The van der Waals surface area contributed by atoms with Crippen LogP contribution in [-0.4, -0.2) is 33.7 Å². The molecule has 0 fully saturated rings. The minimum atomic E-state index is -0.0723. The zero-order valence-electron chi connectivity index (χ0n) is 13.8. The molecule has 124 valence electrons. The fraction of sp³-hybridized carbons (Fsp3) is 0.211. The van der Waals surface area contributed by atoms with Crippen molar-refractivity contribution in [2.45, 2.75) is 0 Å². The fourth-order valence-electron chi connectivity index (χ4n) is 2.55. The average Bonchev–Trinajstić information content (AvgIpc) is 2.63. The highest BCUT2D eigenvalue weighted by Gasteiger charge is 2.24. The molecule has 0 spiro atoms. The van der Waals surface area contributed by atoms with Gasteiger partial charge in [0.15, 0.2) is 5.78 Å². The number of rotatable bonds is 4. The Labute approximate surface area is 140 Å². The number of carbonyl (C=O) groups is 1. The molecular weight excluding hydrogens is 308 g/mol. The van der Waals surface area contributed by atoms with Gasteiger partial charge in [-0.05, 0) is 42.0 Å². The number of ether oxygens (including phenoxy) is 4. The summed E-state index contributed by atoms with van der Waals surface area (Å²) in [5, 5.41) is 0. The Morgan fingerprint density at radius 3 is 2.21 bits per heavy atom. The molecule has 5 nitrogen and oxygen atoms in total. The molecule has 2 aromatic carbocycles. The predicted octanol–water partition coefficient (Wildman–Crippen LogP) is 3.37. The van der Waals surface area contributed by atoms with Crippen molar-refractivity contribution in [1.82, 2.24) is 0 Å². The van der Waals surface area contributed by atoms with Crippen molar-refractivity contribution in [3.8, 4) is 23.0 Å². The highest BCUT2D eigenvalue weighted by molar-refractivity contribution is 6.14. The monoisotopic (exact) mass is 326 g/mol. The molecule has 3 rings (SSSR count). The zero-order chi connectivity index (χ0) is 17.1. The second kappa shape index (κ2) is 6.66. The first-order valence-corrected chi connectivity index (χ1v) is 7.44. The molecule has 5 heteroatoms. The molecule has 0 bridgehead atoms. The lowest BCUT2D eigenvalue weighted by Gasteiger charge is -2.19. The number of fused-ring (bicyclic) bond motifs is 1. The van der Waals surface area contributed by atoms with E-state index in [1.165, 1.54) is 0 Å². The molecule has 1 aliphatic heterocycles. The van der Waals surface area contributed by atoms with Crippen molar-refractivity contribution in [2.75, 3.05) is 27.9 Å². The number of benzene rings is 2. The van der Waals surface area contributed by atoms with Crippen molar-refractivity contribution in [2.24, 2.45) is 0 Å². The molecule has 0 unspecified atom stereocenters. The van der Waals surface area contributed by atoms with Gasteiger partial charge in [0.25, 0.3) is 0 Å². The van der Waals surface area contributed by atoms with Gasteiger partial charge in [-0.1, -0.05) is 0 Å². The maximum absolute atomic E-state index is 12.7. The van der Waals surface area contributed by atoms with E-state index < -0.39 is 0 Å². The molecule has 0 atom stereocenters. The van der Waals surface area contributed by atoms with Crippen LogP contribution in [0.25, 0.3) is 6.08 Å². The summed E-state index contributed by atoms with van der Waals surface area (Å²) in [5.74, 6) is 2.44. The Balaban J connectivity index is 1.98. The van der Waals surface area contributed by atoms with Gasteiger partial charge < -0.3 is 18.9 Å². The molecule has 24 heavy (non-hydrogen) atoms. The highest BCUT2D eigenvalue weighted by Crippen LogP contribution is 2.32. The van der Waals surface area contributed by atoms with E-state index in [1.807, 2.05) is 12.1 Å². The predicted molar refractivity (Wildman–Crippen MR) is 90.3 cm³/mol. The van der Waals surface area contributed by atoms with Crippen molar-refractivity contribution in [3.05, 3.63) is 53.1 Å². The molecule has 0 amide bonds. The lowest BCUT2D eigenvalue weighted by atomic mass is 9.98. The molecule has 0 saturated carbocycles. The maximum atomic E-state index is 12.7. The molecule has 0 N–H and O–H groups in total. The molecule has 1 heterocycles. The Morgan fingerprint density at radius 1 is 0.917 bits per heavy atom. The van der Waals surface area contributed by atoms with Crippen LogP contribution in [0.3, 0.4) is 0 Å². The lowest BCUT2D eigenvalue weighted by molar-refractivity contribution is 0.100. The molecule has 2 aromatic rings. The van der Waals surface area contributed by atoms with Crippen LogP contribution in [0.2, 0.25) is 0 Å². The van der Waals surface area contributed by atoms with Gasteiger partial charge in [-0.25, -0.2) is 0 Å². The molecule has 1 aliphatic rings. The smallest absolute Gasteiger partial charge is 0.196 e. The van der Waals surface area contributed by atoms with Gasteiger partial charge >= 0.3 is 0 Å². The fourth-order valence-corrected chi connectivity index (χ4v) is 2.55.